The third kappa shape index (κ3) is 1.78. The lowest BCUT2D eigenvalue weighted by molar-refractivity contribution is 0.100. The van der Waals surface area contributed by atoms with Crippen molar-refractivity contribution in [2.75, 3.05) is 0 Å². The highest BCUT2D eigenvalue weighted by molar-refractivity contribution is 6.16. The summed E-state index contributed by atoms with van der Waals surface area (Å²) < 4.78 is 0. The largest absolute Gasteiger partial charge is 0.409 e. The molecule has 1 amide bonds. The van der Waals surface area contributed by atoms with Gasteiger partial charge in [0.15, 0.2) is 5.84 Å². The van der Waals surface area contributed by atoms with Crippen LogP contribution in [0.4, 0.5) is 0 Å². The first-order chi connectivity index (χ1) is 8.15. The van der Waals surface area contributed by atoms with Crippen molar-refractivity contribution in [3.63, 3.8) is 0 Å². The summed E-state index contributed by atoms with van der Waals surface area (Å²) in [6.07, 6.45) is 0. The van der Waals surface area contributed by atoms with E-state index in [1.165, 1.54) is 0 Å². The minimum Gasteiger partial charge on any atom is -0.409 e. The number of primary amides is 1. The van der Waals surface area contributed by atoms with Crippen molar-refractivity contribution in [1.29, 1.82) is 0 Å². The molecule has 0 aliphatic rings. The molecule has 86 valence electrons. The Morgan fingerprint density at radius 3 is 2.47 bits per heavy atom. The van der Waals surface area contributed by atoms with Crippen molar-refractivity contribution in [3.8, 4) is 0 Å². The van der Waals surface area contributed by atoms with Crippen LogP contribution in [0.15, 0.2) is 41.6 Å². The maximum atomic E-state index is 11.3. The summed E-state index contributed by atoms with van der Waals surface area (Å²) >= 11 is 0. The van der Waals surface area contributed by atoms with Crippen LogP contribution in [0.5, 0.6) is 0 Å². The van der Waals surface area contributed by atoms with Gasteiger partial charge in [0.25, 0.3) is 0 Å². The number of carbonyl (C=O) groups excluding carboxylic acids is 1. The molecule has 0 saturated carbocycles. The number of rotatable bonds is 2. The number of oxime groups is 1. The Hall–Kier alpha value is -2.56. The van der Waals surface area contributed by atoms with Crippen LogP contribution in [0, 0.1) is 0 Å². The molecule has 0 spiro atoms. The Morgan fingerprint density at radius 2 is 1.82 bits per heavy atom. The summed E-state index contributed by atoms with van der Waals surface area (Å²) in [6.45, 7) is 0. The number of nitrogens with two attached hydrogens (primary N) is 2. The molecule has 0 aliphatic heterocycles. The Morgan fingerprint density at radius 1 is 1.12 bits per heavy atom. The lowest BCUT2D eigenvalue weighted by atomic mass is 9.98. The lowest BCUT2D eigenvalue weighted by Crippen LogP contribution is -2.21. The summed E-state index contributed by atoms with van der Waals surface area (Å²) in [7, 11) is 0. The summed E-state index contributed by atoms with van der Waals surface area (Å²) in [4.78, 5) is 11.3. The van der Waals surface area contributed by atoms with Crippen LogP contribution >= 0.6 is 0 Å². The molecule has 5 heteroatoms. The molecule has 17 heavy (non-hydrogen) atoms. The van der Waals surface area contributed by atoms with E-state index in [0.29, 0.717) is 5.56 Å². The predicted octanol–water partition coefficient (Wildman–Crippen LogP) is 1.03. The van der Waals surface area contributed by atoms with E-state index in [9.17, 15) is 4.79 Å². The van der Waals surface area contributed by atoms with Gasteiger partial charge in [-0.2, -0.15) is 0 Å². The average Bonchev–Trinajstić information content (AvgIpc) is 2.36. The number of amides is 1. The molecule has 2 aromatic rings. The molecule has 0 aromatic heterocycles. The third-order valence-corrected chi connectivity index (χ3v) is 2.56. The van der Waals surface area contributed by atoms with Gasteiger partial charge in [-0.25, -0.2) is 0 Å². The van der Waals surface area contributed by atoms with Crippen molar-refractivity contribution < 1.29 is 10.0 Å². The summed E-state index contributed by atoms with van der Waals surface area (Å²) in [5, 5.41) is 13.3. The quantitative estimate of drug-likeness (QED) is 0.310. The number of amidine groups is 1. The molecule has 0 aliphatic carbocycles. The highest BCUT2D eigenvalue weighted by Crippen LogP contribution is 2.22. The Kier molecular flexibility index (Phi) is 2.66. The first kappa shape index (κ1) is 10.9. The van der Waals surface area contributed by atoms with Crippen LogP contribution in [0.1, 0.15) is 15.9 Å². The van der Waals surface area contributed by atoms with Crippen molar-refractivity contribution >= 4 is 22.5 Å². The minimum atomic E-state index is -0.614. The molecule has 0 heterocycles. The fraction of sp³-hybridized carbons (Fsp3) is 0. The van der Waals surface area contributed by atoms with E-state index in [1.807, 2.05) is 12.1 Å². The van der Waals surface area contributed by atoms with Crippen molar-refractivity contribution in [2.45, 2.75) is 0 Å². The normalized spacial score (nSPS) is 11.6. The molecule has 0 saturated heterocycles. The zero-order valence-corrected chi connectivity index (χ0v) is 8.92. The molecule has 0 unspecified atom stereocenters. The van der Waals surface area contributed by atoms with Gasteiger partial charge in [0, 0.05) is 5.56 Å². The fourth-order valence-corrected chi connectivity index (χ4v) is 1.80. The summed E-state index contributed by atoms with van der Waals surface area (Å²) in [6, 6.07) is 10.7. The van der Waals surface area contributed by atoms with Gasteiger partial charge in [-0.05, 0) is 16.8 Å². The van der Waals surface area contributed by atoms with Crippen LogP contribution in [-0.4, -0.2) is 17.0 Å². The van der Waals surface area contributed by atoms with E-state index in [1.54, 1.807) is 24.3 Å². The van der Waals surface area contributed by atoms with Gasteiger partial charge >= 0.3 is 0 Å². The van der Waals surface area contributed by atoms with Crippen LogP contribution < -0.4 is 11.5 Å². The van der Waals surface area contributed by atoms with E-state index >= 15 is 0 Å². The Labute approximate surface area is 97.3 Å². The summed E-state index contributed by atoms with van der Waals surface area (Å²) in [5.41, 5.74) is 11.5. The zero-order valence-electron chi connectivity index (χ0n) is 8.92. The third-order valence-electron chi connectivity index (χ3n) is 2.56. The smallest absolute Gasteiger partial charge is 0.249 e. The van der Waals surface area contributed by atoms with Crippen molar-refractivity contribution in [1.82, 2.24) is 0 Å². The molecule has 0 bridgehead atoms. The molecular formula is C12H11N3O2. The molecule has 0 atom stereocenters. The van der Waals surface area contributed by atoms with E-state index in [-0.39, 0.29) is 11.4 Å². The van der Waals surface area contributed by atoms with Gasteiger partial charge in [-0.3, -0.25) is 4.79 Å². The lowest BCUT2D eigenvalue weighted by Gasteiger charge is -2.09. The van der Waals surface area contributed by atoms with E-state index in [4.69, 9.17) is 16.7 Å². The van der Waals surface area contributed by atoms with Gasteiger partial charge < -0.3 is 16.7 Å². The number of carbonyl (C=O) groups is 1. The number of hydrogen-bond donors (Lipinski definition) is 3. The van der Waals surface area contributed by atoms with E-state index < -0.39 is 5.91 Å². The van der Waals surface area contributed by atoms with Gasteiger partial charge in [-0.15, -0.1) is 0 Å². The SMILES string of the molecule is NC(=O)c1ccc2ccccc2c1C(N)=NO. The zero-order chi connectivity index (χ0) is 12.4. The van der Waals surface area contributed by atoms with Gasteiger partial charge in [0.1, 0.15) is 0 Å². The predicted molar refractivity (Wildman–Crippen MR) is 65.0 cm³/mol. The maximum Gasteiger partial charge on any atom is 0.249 e. The standard InChI is InChI=1S/C12H11N3O2/c13-11(15-17)10-8-4-2-1-3-7(8)5-6-9(10)12(14)16/h1-6,17H,(H2,13,15)(H2,14,16). The average molecular weight is 229 g/mol. The van der Waals surface area contributed by atoms with Crippen molar-refractivity contribution in [2.24, 2.45) is 16.6 Å². The molecule has 2 rings (SSSR count). The first-order valence-electron chi connectivity index (χ1n) is 4.94. The molecule has 5 nitrogen and oxygen atoms in total. The number of nitrogens with zero attached hydrogens (tertiary/aromatic N) is 1. The monoisotopic (exact) mass is 229 g/mol. The highest BCUT2D eigenvalue weighted by Gasteiger charge is 2.15. The summed E-state index contributed by atoms with van der Waals surface area (Å²) in [5.74, 6) is -0.743. The minimum absolute atomic E-state index is 0.129. The second kappa shape index (κ2) is 4.13. The second-order valence-electron chi connectivity index (χ2n) is 3.56. The van der Waals surface area contributed by atoms with Crippen LogP contribution in [0.25, 0.3) is 10.8 Å². The van der Waals surface area contributed by atoms with Crippen LogP contribution in [0.2, 0.25) is 0 Å². The molecule has 0 radical (unpaired) electrons. The fourth-order valence-electron chi connectivity index (χ4n) is 1.80. The number of fused-ring (bicyclic) bond motifs is 1. The number of benzene rings is 2. The molecule has 2 aromatic carbocycles. The van der Waals surface area contributed by atoms with E-state index in [2.05, 4.69) is 5.16 Å². The maximum absolute atomic E-state index is 11.3. The van der Waals surface area contributed by atoms with Gasteiger partial charge in [0.05, 0.1) is 5.56 Å². The van der Waals surface area contributed by atoms with E-state index in [0.717, 1.165) is 10.8 Å². The molecule has 0 fully saturated rings. The topological polar surface area (TPSA) is 102 Å². The highest BCUT2D eigenvalue weighted by atomic mass is 16.4. The first-order valence-corrected chi connectivity index (χ1v) is 4.94. The van der Waals surface area contributed by atoms with Crippen molar-refractivity contribution in [3.05, 3.63) is 47.5 Å². The molecule has 5 N–H and O–H groups in total. The second-order valence-corrected chi connectivity index (χ2v) is 3.56. The molecular weight excluding hydrogens is 218 g/mol. The van der Waals surface area contributed by atoms with Crippen LogP contribution in [-0.2, 0) is 0 Å². The Balaban J connectivity index is 2.89. The Bertz CT molecular complexity index is 620. The van der Waals surface area contributed by atoms with Gasteiger partial charge in [-0.1, -0.05) is 35.5 Å². The number of hydrogen-bond acceptors (Lipinski definition) is 3. The van der Waals surface area contributed by atoms with Crippen LogP contribution in [0.3, 0.4) is 0 Å². The van der Waals surface area contributed by atoms with Gasteiger partial charge in [0.2, 0.25) is 5.91 Å².